The maximum Gasteiger partial charge on any atom is 0.135 e. The van der Waals surface area contributed by atoms with Crippen molar-refractivity contribution in [3.05, 3.63) is 17.0 Å². The maximum absolute atomic E-state index is 10.3. The van der Waals surface area contributed by atoms with E-state index in [1.165, 1.54) is 0 Å². The van der Waals surface area contributed by atoms with Gasteiger partial charge in [-0.25, -0.2) is 9.97 Å². The van der Waals surface area contributed by atoms with E-state index in [1.54, 1.807) is 6.07 Å². The first-order valence-corrected chi connectivity index (χ1v) is 7.08. The van der Waals surface area contributed by atoms with E-state index in [-0.39, 0.29) is 5.92 Å². The lowest BCUT2D eigenvalue weighted by atomic mass is 9.94. The number of rotatable bonds is 6. The summed E-state index contributed by atoms with van der Waals surface area (Å²) in [5, 5.41) is 13.8. The average Bonchev–Trinajstić information content (AvgIpc) is 2.24. The van der Waals surface area contributed by atoms with Crippen molar-refractivity contribution in [1.82, 2.24) is 9.97 Å². The Morgan fingerprint density at radius 1 is 1.32 bits per heavy atom. The van der Waals surface area contributed by atoms with Gasteiger partial charge in [-0.1, -0.05) is 39.3 Å². The Balaban J connectivity index is 2.72. The van der Waals surface area contributed by atoms with Crippen molar-refractivity contribution >= 4 is 17.4 Å². The molecule has 4 nitrogen and oxygen atoms in total. The quantitative estimate of drug-likeness (QED) is 0.786. The van der Waals surface area contributed by atoms with Crippen molar-refractivity contribution in [1.29, 1.82) is 0 Å². The van der Waals surface area contributed by atoms with Crippen molar-refractivity contribution in [2.24, 2.45) is 5.92 Å². The molecule has 0 amide bonds. The third-order valence-corrected chi connectivity index (χ3v) is 2.92. The van der Waals surface area contributed by atoms with Gasteiger partial charge in [0.05, 0.1) is 5.60 Å². The minimum absolute atomic E-state index is 0.218. The first kappa shape index (κ1) is 16.2. The van der Waals surface area contributed by atoms with Crippen LogP contribution in [0.25, 0.3) is 0 Å². The fourth-order valence-corrected chi connectivity index (χ4v) is 2.21. The summed E-state index contributed by atoms with van der Waals surface area (Å²) in [7, 11) is 0. The molecule has 2 N–H and O–H groups in total. The Morgan fingerprint density at radius 2 is 1.95 bits per heavy atom. The standard InChI is InChI=1S/C14H24ClN3O/c1-9(2)7-14(5,19)8-16-12-6-11(15)17-13(18-12)10(3)4/h6,9-10,19H,7-8H2,1-5H3,(H,16,17,18). The molecule has 1 aromatic heterocycles. The molecule has 0 radical (unpaired) electrons. The fraction of sp³-hybridized carbons (Fsp3) is 0.714. The van der Waals surface area contributed by atoms with E-state index < -0.39 is 5.60 Å². The van der Waals surface area contributed by atoms with Crippen LogP contribution in [0.1, 0.15) is 52.8 Å². The van der Waals surface area contributed by atoms with Gasteiger partial charge in [-0.3, -0.25) is 0 Å². The van der Waals surface area contributed by atoms with E-state index in [2.05, 4.69) is 29.1 Å². The zero-order chi connectivity index (χ0) is 14.6. The molecule has 1 heterocycles. The van der Waals surface area contributed by atoms with Crippen molar-refractivity contribution < 1.29 is 5.11 Å². The van der Waals surface area contributed by atoms with E-state index >= 15 is 0 Å². The second-order valence-electron chi connectivity index (χ2n) is 6.04. The molecule has 0 bridgehead atoms. The monoisotopic (exact) mass is 285 g/mol. The Labute approximate surface area is 120 Å². The molecule has 1 aromatic rings. The Morgan fingerprint density at radius 3 is 2.47 bits per heavy atom. The second-order valence-corrected chi connectivity index (χ2v) is 6.42. The molecule has 19 heavy (non-hydrogen) atoms. The van der Waals surface area contributed by atoms with Crippen LogP contribution in [0.3, 0.4) is 0 Å². The van der Waals surface area contributed by atoms with E-state index in [4.69, 9.17) is 11.6 Å². The topological polar surface area (TPSA) is 58.0 Å². The summed E-state index contributed by atoms with van der Waals surface area (Å²) >= 11 is 5.97. The van der Waals surface area contributed by atoms with Crippen molar-refractivity contribution in [3.63, 3.8) is 0 Å². The van der Waals surface area contributed by atoms with Gasteiger partial charge in [0.2, 0.25) is 0 Å². The van der Waals surface area contributed by atoms with Crippen LogP contribution < -0.4 is 5.32 Å². The van der Waals surface area contributed by atoms with Crippen molar-refractivity contribution in [2.75, 3.05) is 11.9 Å². The molecular weight excluding hydrogens is 262 g/mol. The van der Waals surface area contributed by atoms with Gasteiger partial charge in [0.15, 0.2) is 0 Å². The van der Waals surface area contributed by atoms with Crippen LogP contribution in [0.2, 0.25) is 5.15 Å². The molecule has 0 saturated heterocycles. The third kappa shape index (κ3) is 5.74. The molecule has 108 valence electrons. The van der Waals surface area contributed by atoms with Gasteiger partial charge in [-0.15, -0.1) is 0 Å². The zero-order valence-electron chi connectivity index (χ0n) is 12.4. The average molecular weight is 286 g/mol. The number of hydrogen-bond donors (Lipinski definition) is 2. The number of nitrogens with zero attached hydrogens (tertiary/aromatic N) is 2. The molecule has 0 aromatic carbocycles. The highest BCUT2D eigenvalue weighted by molar-refractivity contribution is 6.29. The molecule has 0 aliphatic carbocycles. The predicted octanol–water partition coefficient (Wildman–Crippen LogP) is 3.46. The van der Waals surface area contributed by atoms with Gasteiger partial charge in [0.1, 0.15) is 16.8 Å². The summed E-state index contributed by atoms with van der Waals surface area (Å²) in [5.41, 5.74) is -0.760. The molecule has 0 aliphatic rings. The minimum Gasteiger partial charge on any atom is -0.388 e. The van der Waals surface area contributed by atoms with E-state index in [9.17, 15) is 5.11 Å². The van der Waals surface area contributed by atoms with Crippen LogP contribution in [-0.4, -0.2) is 27.2 Å². The van der Waals surface area contributed by atoms with Gasteiger partial charge >= 0.3 is 0 Å². The lowest BCUT2D eigenvalue weighted by Gasteiger charge is -2.26. The van der Waals surface area contributed by atoms with Crippen LogP contribution in [0, 0.1) is 5.92 Å². The Kier molecular flexibility index (Phi) is 5.56. The summed E-state index contributed by atoms with van der Waals surface area (Å²) < 4.78 is 0. The Hall–Kier alpha value is -0.870. The number of aromatic nitrogens is 2. The highest BCUT2D eigenvalue weighted by Gasteiger charge is 2.21. The minimum atomic E-state index is -0.760. The van der Waals surface area contributed by atoms with E-state index in [1.807, 2.05) is 20.8 Å². The summed E-state index contributed by atoms with van der Waals surface area (Å²) in [4.78, 5) is 8.58. The summed E-state index contributed by atoms with van der Waals surface area (Å²) in [6.07, 6.45) is 0.732. The first-order valence-electron chi connectivity index (χ1n) is 6.70. The molecule has 1 rings (SSSR count). The molecule has 1 unspecified atom stereocenters. The maximum atomic E-state index is 10.3. The van der Waals surface area contributed by atoms with Gasteiger partial charge in [-0.2, -0.15) is 0 Å². The predicted molar refractivity (Wildman–Crippen MR) is 79.7 cm³/mol. The molecular formula is C14H24ClN3O. The molecule has 0 saturated carbocycles. The van der Waals surface area contributed by atoms with Crippen molar-refractivity contribution in [3.8, 4) is 0 Å². The molecule has 5 heteroatoms. The number of hydrogen-bond acceptors (Lipinski definition) is 4. The number of aliphatic hydroxyl groups is 1. The SMILES string of the molecule is CC(C)CC(C)(O)CNc1cc(Cl)nc(C(C)C)n1. The van der Waals surface area contributed by atoms with Crippen LogP contribution >= 0.6 is 11.6 Å². The van der Waals surface area contributed by atoms with Crippen LogP contribution in [-0.2, 0) is 0 Å². The second kappa shape index (κ2) is 6.53. The molecule has 0 spiro atoms. The lowest BCUT2D eigenvalue weighted by molar-refractivity contribution is 0.0514. The molecule has 0 fully saturated rings. The van der Waals surface area contributed by atoms with Crippen LogP contribution in [0.4, 0.5) is 5.82 Å². The highest BCUT2D eigenvalue weighted by Crippen LogP contribution is 2.20. The smallest absolute Gasteiger partial charge is 0.135 e. The van der Waals surface area contributed by atoms with Crippen molar-refractivity contribution in [2.45, 2.75) is 52.6 Å². The number of halogens is 1. The van der Waals surface area contributed by atoms with E-state index in [0.717, 1.165) is 6.42 Å². The van der Waals surface area contributed by atoms with Crippen LogP contribution in [0.15, 0.2) is 6.07 Å². The summed E-state index contributed by atoms with van der Waals surface area (Å²) in [6, 6.07) is 1.68. The highest BCUT2D eigenvalue weighted by atomic mass is 35.5. The lowest BCUT2D eigenvalue weighted by Crippen LogP contribution is -2.35. The first-order chi connectivity index (χ1) is 8.69. The van der Waals surface area contributed by atoms with Gasteiger partial charge in [0.25, 0.3) is 0 Å². The molecule has 0 aliphatic heterocycles. The number of nitrogens with one attached hydrogen (secondary N) is 1. The molecule has 1 atom stereocenters. The zero-order valence-corrected chi connectivity index (χ0v) is 13.1. The van der Waals surface area contributed by atoms with Crippen LogP contribution in [0.5, 0.6) is 0 Å². The van der Waals surface area contributed by atoms with Gasteiger partial charge in [0, 0.05) is 18.5 Å². The largest absolute Gasteiger partial charge is 0.388 e. The summed E-state index contributed by atoms with van der Waals surface area (Å²) in [6.45, 7) is 10.5. The van der Waals surface area contributed by atoms with E-state index in [0.29, 0.717) is 29.3 Å². The van der Waals surface area contributed by atoms with Gasteiger partial charge < -0.3 is 10.4 Å². The number of anilines is 1. The summed E-state index contributed by atoms with van der Waals surface area (Å²) in [5.74, 6) is 2.03. The Bertz CT molecular complexity index is 419. The van der Waals surface area contributed by atoms with Gasteiger partial charge in [-0.05, 0) is 19.3 Å². The normalized spacial score (nSPS) is 14.8. The fourth-order valence-electron chi connectivity index (χ4n) is 2.02. The third-order valence-electron chi connectivity index (χ3n) is 2.73.